The van der Waals surface area contributed by atoms with Gasteiger partial charge < -0.3 is 0 Å². The van der Waals surface area contributed by atoms with Crippen molar-refractivity contribution in [3.05, 3.63) is 218 Å². The van der Waals surface area contributed by atoms with Crippen molar-refractivity contribution >= 4 is 61.4 Å². The van der Waals surface area contributed by atoms with Crippen molar-refractivity contribution in [1.29, 1.82) is 0 Å². The second kappa shape index (κ2) is 14.1. The van der Waals surface area contributed by atoms with Crippen molar-refractivity contribution in [2.24, 2.45) is 0 Å². The first-order chi connectivity index (χ1) is 27.8. The molecule has 0 aliphatic heterocycles. The van der Waals surface area contributed by atoms with Gasteiger partial charge >= 0.3 is 0 Å². The molecule has 0 spiro atoms. The molecule has 1 heterocycles. The molecular weight excluding hydrogens is 693 g/mol. The quantitative estimate of drug-likeness (QED) is 0.0864. The highest BCUT2D eigenvalue weighted by atomic mass is 28.3. The summed E-state index contributed by atoms with van der Waals surface area (Å²) in [6, 6.07) is 78.5. The van der Waals surface area contributed by atoms with E-state index in [2.05, 4.69) is 224 Å². The monoisotopic (exact) mass is 732 g/mol. The second-order valence-electron chi connectivity index (χ2n) is 14.5. The van der Waals surface area contributed by atoms with Gasteiger partial charge in [0, 0.05) is 12.1 Å². The van der Waals surface area contributed by atoms with E-state index in [1.54, 1.807) is 0 Å². The zero-order valence-corrected chi connectivity index (χ0v) is 32.3. The zero-order valence-electron chi connectivity index (χ0n) is 31.3. The average Bonchev–Trinajstić information content (AvgIpc) is 3.66. The van der Waals surface area contributed by atoms with Crippen LogP contribution in [0.4, 0.5) is 0 Å². The van der Waals surface area contributed by atoms with Gasteiger partial charge in [0.2, 0.25) is 0 Å². The lowest BCUT2D eigenvalue weighted by molar-refractivity contribution is 0.908. The fraction of sp³-hybridized carbons (Fsp3) is 0.0377. The Morgan fingerprint density at radius 2 is 0.821 bits per heavy atom. The van der Waals surface area contributed by atoms with Crippen LogP contribution in [0.25, 0.3) is 60.5 Å². The van der Waals surface area contributed by atoms with Crippen LogP contribution in [-0.4, -0.2) is 17.6 Å². The number of hydrogen-bond donors (Lipinski definition) is 0. The van der Waals surface area contributed by atoms with E-state index in [1.807, 2.05) is 0 Å². The fourth-order valence-electron chi connectivity index (χ4n) is 9.07. The highest BCUT2D eigenvalue weighted by molar-refractivity contribution is 7.21. The van der Waals surface area contributed by atoms with Crippen molar-refractivity contribution in [3.8, 4) is 27.9 Å². The van der Waals surface area contributed by atoms with Crippen LogP contribution in [-0.2, 0) is 6.42 Å². The van der Waals surface area contributed by atoms with E-state index in [4.69, 9.17) is 4.98 Å². The average molecular weight is 733 g/mol. The molecule has 0 amide bonds. The van der Waals surface area contributed by atoms with Crippen molar-refractivity contribution in [2.75, 3.05) is 0 Å². The van der Waals surface area contributed by atoms with Gasteiger partial charge in [-0.15, -0.1) is 0 Å². The Morgan fingerprint density at radius 3 is 1.32 bits per heavy atom. The molecule has 0 N–H and O–H groups in total. The summed E-state index contributed by atoms with van der Waals surface area (Å²) < 4.78 is 2.28. The Balaban J connectivity index is 1.15. The van der Waals surface area contributed by atoms with Crippen molar-refractivity contribution in [1.82, 2.24) is 9.55 Å². The Labute approximate surface area is 329 Å². The SMILES string of the molecule is CCc1nc2ccccc2n1-c1ccc(-c2ccc(-c3c4ccccc4c([Si](c4ccccc4)(c4ccccc4)c4ccccc4)c4ccccc34)cc2)cc1. The molecule has 0 unspecified atom stereocenters. The van der Waals surface area contributed by atoms with E-state index in [-0.39, 0.29) is 0 Å². The molecule has 0 saturated carbocycles. The smallest absolute Gasteiger partial charge is 0.180 e. The summed E-state index contributed by atoms with van der Waals surface area (Å²) in [5, 5.41) is 10.7. The van der Waals surface area contributed by atoms with Crippen molar-refractivity contribution < 1.29 is 0 Å². The van der Waals surface area contributed by atoms with Gasteiger partial charge in [0.1, 0.15) is 5.82 Å². The maximum absolute atomic E-state index is 4.90. The van der Waals surface area contributed by atoms with Crippen LogP contribution < -0.4 is 20.7 Å². The first kappa shape index (κ1) is 33.7. The lowest BCUT2D eigenvalue weighted by atomic mass is 9.91. The first-order valence-corrected chi connectivity index (χ1v) is 21.5. The summed E-state index contributed by atoms with van der Waals surface area (Å²) in [5.41, 5.74) is 8.19. The van der Waals surface area contributed by atoms with Gasteiger partial charge in [0.15, 0.2) is 8.07 Å². The maximum Gasteiger partial charge on any atom is 0.180 e. The number of benzene rings is 9. The van der Waals surface area contributed by atoms with Crippen LogP contribution in [0.2, 0.25) is 0 Å². The van der Waals surface area contributed by atoms with Gasteiger partial charge in [-0.05, 0) is 88.8 Å². The van der Waals surface area contributed by atoms with Gasteiger partial charge in [-0.3, -0.25) is 4.57 Å². The number of hydrogen-bond acceptors (Lipinski definition) is 1. The lowest BCUT2D eigenvalue weighted by Crippen LogP contribution is -2.75. The molecule has 2 nitrogen and oxygen atoms in total. The van der Waals surface area contributed by atoms with Gasteiger partial charge in [0.05, 0.1) is 11.0 Å². The molecule has 10 rings (SSSR count). The minimum absolute atomic E-state index is 0.871. The number of aryl methyl sites for hydroxylation is 1. The van der Waals surface area contributed by atoms with Crippen LogP contribution in [0, 0.1) is 0 Å². The van der Waals surface area contributed by atoms with Crippen LogP contribution in [0.15, 0.2) is 212 Å². The number of imidazole rings is 1. The standard InChI is InChI=1S/C53H40N2Si/c1-2-51-54-49-28-16-17-29-50(49)55(51)41-36-34-39(35-37-41)38-30-32-40(33-31-38)52-45-24-12-14-26-47(45)53(48-27-15-13-25-46(48)52)56(42-18-6-3-7-19-42,43-20-8-4-9-21-43)44-22-10-5-11-23-44/h3-37H,2H2,1H3. The lowest BCUT2D eigenvalue weighted by Gasteiger charge is -2.37. The third-order valence-corrected chi connectivity index (χ3v) is 16.4. The predicted octanol–water partition coefficient (Wildman–Crippen LogP) is 10.6. The van der Waals surface area contributed by atoms with E-state index < -0.39 is 8.07 Å². The summed E-state index contributed by atoms with van der Waals surface area (Å²) in [6.07, 6.45) is 0.871. The maximum atomic E-state index is 4.90. The van der Waals surface area contributed by atoms with Gasteiger partial charge in [-0.25, -0.2) is 4.98 Å². The Morgan fingerprint density at radius 1 is 0.411 bits per heavy atom. The van der Waals surface area contributed by atoms with Crippen LogP contribution in [0.1, 0.15) is 12.7 Å². The van der Waals surface area contributed by atoms with E-state index in [0.29, 0.717) is 0 Å². The van der Waals surface area contributed by atoms with Gasteiger partial charge in [-0.1, -0.05) is 195 Å². The topological polar surface area (TPSA) is 17.8 Å². The normalized spacial score (nSPS) is 11.7. The summed E-state index contributed by atoms with van der Waals surface area (Å²) >= 11 is 0. The minimum Gasteiger partial charge on any atom is -0.296 e. The number of nitrogens with zero attached hydrogens (tertiary/aromatic N) is 2. The fourth-order valence-corrected chi connectivity index (χ4v) is 14.3. The highest BCUT2D eigenvalue weighted by Crippen LogP contribution is 2.38. The molecule has 56 heavy (non-hydrogen) atoms. The molecule has 0 saturated heterocycles. The van der Waals surface area contributed by atoms with E-state index in [1.165, 1.54) is 64.5 Å². The van der Waals surface area contributed by atoms with Crippen LogP contribution in [0.3, 0.4) is 0 Å². The van der Waals surface area contributed by atoms with Crippen LogP contribution >= 0.6 is 0 Å². The van der Waals surface area contributed by atoms with Gasteiger partial charge in [0.25, 0.3) is 0 Å². The highest BCUT2D eigenvalue weighted by Gasteiger charge is 2.44. The molecule has 0 radical (unpaired) electrons. The molecule has 0 aliphatic carbocycles. The third-order valence-electron chi connectivity index (χ3n) is 11.5. The van der Waals surface area contributed by atoms with E-state index in [9.17, 15) is 0 Å². The summed E-state index contributed by atoms with van der Waals surface area (Å²) in [7, 11) is -2.86. The summed E-state index contributed by atoms with van der Waals surface area (Å²) in [4.78, 5) is 4.90. The summed E-state index contributed by atoms with van der Waals surface area (Å²) in [5.74, 6) is 1.07. The molecule has 1 aromatic heterocycles. The van der Waals surface area contributed by atoms with Crippen molar-refractivity contribution in [3.63, 3.8) is 0 Å². The molecular formula is C53H40N2Si. The number of aromatic nitrogens is 2. The van der Waals surface area contributed by atoms with E-state index in [0.717, 1.165) is 29.0 Å². The Hall–Kier alpha value is -6.81. The first-order valence-electron chi connectivity index (χ1n) is 19.5. The summed E-state index contributed by atoms with van der Waals surface area (Å²) in [6.45, 7) is 2.17. The van der Waals surface area contributed by atoms with E-state index >= 15 is 0 Å². The molecule has 266 valence electrons. The predicted molar refractivity (Wildman–Crippen MR) is 240 cm³/mol. The second-order valence-corrected chi connectivity index (χ2v) is 18.3. The number of rotatable bonds is 8. The number of para-hydroxylation sites is 2. The molecule has 10 aromatic rings. The minimum atomic E-state index is -2.86. The van der Waals surface area contributed by atoms with Crippen LogP contribution in [0.5, 0.6) is 0 Å². The van der Waals surface area contributed by atoms with Crippen molar-refractivity contribution in [2.45, 2.75) is 13.3 Å². The molecule has 0 fully saturated rings. The number of fused-ring (bicyclic) bond motifs is 3. The molecule has 0 atom stereocenters. The molecule has 9 aromatic carbocycles. The van der Waals surface area contributed by atoms with Gasteiger partial charge in [-0.2, -0.15) is 0 Å². The molecule has 0 aliphatic rings. The third kappa shape index (κ3) is 5.43. The zero-order chi connectivity index (χ0) is 37.5. The Bertz CT molecular complexity index is 2820. The molecule has 3 heteroatoms. The molecule has 0 bridgehead atoms. The Kier molecular flexibility index (Phi) is 8.50. The largest absolute Gasteiger partial charge is 0.296 e.